The van der Waals surface area contributed by atoms with E-state index in [1.807, 2.05) is 24.3 Å². The quantitative estimate of drug-likeness (QED) is 0.488. The number of hydrogen-bond acceptors (Lipinski definition) is 5. The van der Waals surface area contributed by atoms with Crippen molar-refractivity contribution < 1.29 is 13.9 Å². The average Bonchev–Trinajstić information content (AvgIpc) is 2.65. The van der Waals surface area contributed by atoms with E-state index in [-0.39, 0.29) is 28.7 Å². The Labute approximate surface area is 182 Å². The van der Waals surface area contributed by atoms with Gasteiger partial charge in [0.05, 0.1) is 5.39 Å². The first-order valence-electron chi connectivity index (χ1n) is 10.8. The molecule has 1 aliphatic heterocycles. The van der Waals surface area contributed by atoms with Crippen molar-refractivity contribution in [1.29, 1.82) is 0 Å². The number of nitrogens with one attached hydrogen (secondary N) is 2. The number of piperidine rings is 1. The van der Waals surface area contributed by atoms with Gasteiger partial charge in [0.2, 0.25) is 0 Å². The topological polar surface area (TPSA) is 80.6 Å². The molecule has 0 unspecified atom stereocenters. The summed E-state index contributed by atoms with van der Waals surface area (Å²) in [4.78, 5) is 25.1. The summed E-state index contributed by atoms with van der Waals surface area (Å²) >= 11 is 0. The Balaban J connectivity index is 1.50. The molecule has 1 aromatic heterocycles. The Hall–Kier alpha value is -2.86. The molecule has 1 amide bonds. The van der Waals surface area contributed by atoms with Gasteiger partial charge in [-0.05, 0) is 71.0 Å². The summed E-state index contributed by atoms with van der Waals surface area (Å²) in [7, 11) is 0. The van der Waals surface area contributed by atoms with Gasteiger partial charge in [0.25, 0.3) is 5.91 Å². The highest BCUT2D eigenvalue weighted by molar-refractivity contribution is 6.04. The zero-order valence-electron chi connectivity index (χ0n) is 18.7. The molecule has 0 bridgehead atoms. The molecule has 2 aromatic carbocycles. The van der Waals surface area contributed by atoms with Crippen molar-refractivity contribution in [1.82, 2.24) is 10.6 Å². The molecule has 2 heterocycles. The monoisotopic (exact) mass is 422 g/mol. The number of carbonyl (C=O) groups excluding carboxylic acids is 1. The first kappa shape index (κ1) is 21.4. The molecule has 6 nitrogen and oxygen atoms in total. The second kappa shape index (κ2) is 7.68. The van der Waals surface area contributed by atoms with Crippen LogP contribution in [-0.4, -0.2) is 29.1 Å². The fraction of sp³-hybridized carbons (Fsp3) is 0.440. The van der Waals surface area contributed by atoms with E-state index in [1.165, 1.54) is 0 Å². The highest BCUT2D eigenvalue weighted by Gasteiger charge is 2.38. The van der Waals surface area contributed by atoms with Gasteiger partial charge in [-0.3, -0.25) is 4.79 Å². The van der Waals surface area contributed by atoms with Crippen molar-refractivity contribution in [3.63, 3.8) is 0 Å². The fourth-order valence-corrected chi connectivity index (χ4v) is 4.93. The molecule has 1 atom stereocenters. The number of ether oxygens (including phenoxy) is 1. The number of fused-ring (bicyclic) bond motifs is 3. The van der Waals surface area contributed by atoms with Crippen LogP contribution in [0.3, 0.4) is 0 Å². The zero-order chi connectivity index (χ0) is 22.4. The van der Waals surface area contributed by atoms with Crippen LogP contribution >= 0.6 is 0 Å². The number of benzene rings is 2. The molecule has 2 N–H and O–H groups in total. The lowest BCUT2D eigenvalue weighted by molar-refractivity contribution is -0.128. The predicted octanol–water partition coefficient (Wildman–Crippen LogP) is 4.14. The van der Waals surface area contributed by atoms with Gasteiger partial charge in [-0.25, -0.2) is 4.79 Å². The van der Waals surface area contributed by atoms with Gasteiger partial charge in [-0.15, -0.1) is 0 Å². The normalized spacial score (nSPS) is 19.3. The van der Waals surface area contributed by atoms with E-state index in [9.17, 15) is 9.59 Å². The van der Waals surface area contributed by atoms with E-state index < -0.39 is 6.10 Å². The maximum Gasteiger partial charge on any atom is 0.344 e. The maximum atomic E-state index is 12.8. The van der Waals surface area contributed by atoms with Crippen LogP contribution < -0.4 is 21.0 Å². The van der Waals surface area contributed by atoms with Gasteiger partial charge in [-0.1, -0.05) is 18.2 Å². The van der Waals surface area contributed by atoms with Crippen LogP contribution in [0.5, 0.6) is 5.75 Å². The fourth-order valence-electron chi connectivity index (χ4n) is 4.93. The molecule has 31 heavy (non-hydrogen) atoms. The van der Waals surface area contributed by atoms with Crippen LogP contribution in [-0.2, 0) is 4.79 Å². The molecule has 1 fully saturated rings. The lowest BCUT2D eigenvalue weighted by atomic mass is 9.79. The molecule has 164 valence electrons. The second-order valence-electron chi connectivity index (χ2n) is 9.86. The standard InChI is InChI=1S/C25H30N2O4/c1-15(22(28)26-16-13-24(2,3)27-25(4,5)14-16)30-17-10-11-19-18-8-6-7-9-20(18)23(29)31-21(19)12-17/h6-12,15-16,27H,13-14H2,1-5H3,(H,26,28)/t15-/m1/s1. The van der Waals surface area contributed by atoms with Crippen molar-refractivity contribution in [2.45, 2.75) is 70.7 Å². The zero-order valence-corrected chi connectivity index (χ0v) is 18.7. The van der Waals surface area contributed by atoms with E-state index in [2.05, 4.69) is 38.3 Å². The van der Waals surface area contributed by atoms with Crippen molar-refractivity contribution in [3.05, 3.63) is 52.9 Å². The smallest absolute Gasteiger partial charge is 0.344 e. The first-order valence-corrected chi connectivity index (χ1v) is 10.8. The van der Waals surface area contributed by atoms with Crippen molar-refractivity contribution >= 4 is 27.6 Å². The van der Waals surface area contributed by atoms with E-state index in [1.54, 1.807) is 25.1 Å². The number of hydrogen-bond donors (Lipinski definition) is 2. The summed E-state index contributed by atoms with van der Waals surface area (Å²) in [5.74, 6) is 0.332. The Bertz CT molecular complexity index is 1180. The Kier molecular flexibility index (Phi) is 5.30. The van der Waals surface area contributed by atoms with E-state index >= 15 is 0 Å². The summed E-state index contributed by atoms with van der Waals surface area (Å²) in [6, 6.07) is 12.8. The van der Waals surface area contributed by atoms with Gasteiger partial charge in [-0.2, -0.15) is 0 Å². The second-order valence-corrected chi connectivity index (χ2v) is 9.86. The van der Waals surface area contributed by atoms with Gasteiger partial charge in [0, 0.05) is 28.6 Å². The van der Waals surface area contributed by atoms with Crippen molar-refractivity contribution in [3.8, 4) is 5.75 Å². The SMILES string of the molecule is C[C@@H](Oc1ccc2c(c1)oc(=O)c1ccccc12)C(=O)NC1CC(C)(C)NC(C)(C)C1. The van der Waals surface area contributed by atoms with Crippen LogP contribution in [0.1, 0.15) is 47.5 Å². The molecule has 1 aliphatic rings. The summed E-state index contributed by atoms with van der Waals surface area (Å²) in [6.07, 6.45) is 1.03. The van der Waals surface area contributed by atoms with Gasteiger partial charge in [0.15, 0.2) is 6.10 Å². The van der Waals surface area contributed by atoms with Crippen LogP contribution in [0.25, 0.3) is 21.7 Å². The molecule has 6 heteroatoms. The van der Waals surface area contributed by atoms with Crippen LogP contribution in [0, 0.1) is 0 Å². The Morgan fingerprint density at radius 2 is 1.71 bits per heavy atom. The minimum absolute atomic E-state index is 0.0531. The highest BCUT2D eigenvalue weighted by Crippen LogP contribution is 2.29. The maximum absolute atomic E-state index is 12.8. The predicted molar refractivity (Wildman–Crippen MR) is 123 cm³/mol. The lowest BCUT2D eigenvalue weighted by Gasteiger charge is -2.46. The summed E-state index contributed by atoms with van der Waals surface area (Å²) in [5.41, 5.74) is -0.0527. The average molecular weight is 423 g/mol. The minimum atomic E-state index is -0.675. The lowest BCUT2D eigenvalue weighted by Crippen LogP contribution is -2.62. The molecular formula is C25H30N2O4. The van der Waals surface area contributed by atoms with Crippen molar-refractivity contribution in [2.24, 2.45) is 0 Å². The summed E-state index contributed by atoms with van der Waals surface area (Å²) in [5, 5.41) is 8.98. The summed E-state index contributed by atoms with van der Waals surface area (Å²) in [6.45, 7) is 10.3. The van der Waals surface area contributed by atoms with E-state index in [0.29, 0.717) is 16.7 Å². The molecule has 3 aromatic rings. The van der Waals surface area contributed by atoms with E-state index in [4.69, 9.17) is 9.15 Å². The third-order valence-electron chi connectivity index (χ3n) is 5.81. The van der Waals surface area contributed by atoms with E-state index in [0.717, 1.165) is 23.6 Å². The van der Waals surface area contributed by atoms with Crippen molar-refractivity contribution in [2.75, 3.05) is 0 Å². The molecule has 0 aliphatic carbocycles. The molecule has 0 spiro atoms. The molecular weight excluding hydrogens is 392 g/mol. The number of carbonyl (C=O) groups is 1. The minimum Gasteiger partial charge on any atom is -0.481 e. The Morgan fingerprint density at radius 3 is 2.39 bits per heavy atom. The highest BCUT2D eigenvalue weighted by atomic mass is 16.5. The molecule has 1 saturated heterocycles. The summed E-state index contributed by atoms with van der Waals surface area (Å²) < 4.78 is 11.4. The third-order valence-corrected chi connectivity index (χ3v) is 5.81. The van der Waals surface area contributed by atoms with Crippen LogP contribution in [0.4, 0.5) is 0 Å². The third kappa shape index (κ3) is 4.59. The number of amides is 1. The van der Waals surface area contributed by atoms with Gasteiger partial charge in [0.1, 0.15) is 11.3 Å². The molecule has 4 rings (SSSR count). The van der Waals surface area contributed by atoms with Crippen LogP contribution in [0.2, 0.25) is 0 Å². The molecule has 0 saturated carbocycles. The number of rotatable bonds is 4. The first-order chi connectivity index (χ1) is 14.5. The molecule has 0 radical (unpaired) electrons. The Morgan fingerprint density at radius 1 is 1.06 bits per heavy atom. The van der Waals surface area contributed by atoms with Gasteiger partial charge >= 0.3 is 5.63 Å². The van der Waals surface area contributed by atoms with Gasteiger partial charge < -0.3 is 19.8 Å². The largest absolute Gasteiger partial charge is 0.481 e. The van der Waals surface area contributed by atoms with Crippen LogP contribution in [0.15, 0.2) is 51.7 Å².